The lowest BCUT2D eigenvalue weighted by atomic mass is 10.3. The number of rotatable bonds is 1. The van der Waals surface area contributed by atoms with E-state index in [1.165, 1.54) is 0 Å². The molecule has 1 aliphatic heterocycles. The normalized spacial score (nSPS) is 20.3. The molecule has 2 N–H and O–H groups in total. The highest BCUT2D eigenvalue weighted by atomic mass is 16.3. The average molecular weight is 206 g/mol. The summed E-state index contributed by atoms with van der Waals surface area (Å²) in [5.41, 5.74) is 0.781. The molecule has 1 atom stereocenters. The van der Waals surface area contributed by atoms with E-state index in [9.17, 15) is 9.90 Å². The van der Waals surface area contributed by atoms with Gasteiger partial charge in [0.25, 0.3) is 0 Å². The Labute approximate surface area is 88.5 Å². The summed E-state index contributed by atoms with van der Waals surface area (Å²) in [4.78, 5) is 13.3. The van der Waals surface area contributed by atoms with E-state index in [4.69, 9.17) is 0 Å². The van der Waals surface area contributed by atoms with Gasteiger partial charge >= 0.3 is 6.03 Å². The highest BCUT2D eigenvalue weighted by Crippen LogP contribution is 2.12. The summed E-state index contributed by atoms with van der Waals surface area (Å²) in [6, 6.07) is 9.17. The van der Waals surface area contributed by atoms with E-state index in [2.05, 4.69) is 5.32 Å². The van der Waals surface area contributed by atoms with Crippen molar-refractivity contribution in [1.29, 1.82) is 0 Å². The number of likely N-dealkylation sites (tertiary alicyclic amines) is 1. The van der Waals surface area contributed by atoms with Crippen molar-refractivity contribution in [3.8, 4) is 0 Å². The fourth-order valence-corrected chi connectivity index (χ4v) is 1.65. The second-order valence-electron chi connectivity index (χ2n) is 3.68. The van der Waals surface area contributed by atoms with Crippen LogP contribution < -0.4 is 5.32 Å². The molecule has 1 aromatic rings. The van der Waals surface area contributed by atoms with Gasteiger partial charge in [0, 0.05) is 18.8 Å². The van der Waals surface area contributed by atoms with E-state index in [0.717, 1.165) is 5.69 Å². The molecule has 80 valence electrons. The largest absolute Gasteiger partial charge is 0.391 e. The lowest BCUT2D eigenvalue weighted by Gasteiger charge is -2.16. The molecule has 1 aromatic carbocycles. The number of amides is 2. The van der Waals surface area contributed by atoms with Gasteiger partial charge in [-0.3, -0.25) is 0 Å². The summed E-state index contributed by atoms with van der Waals surface area (Å²) in [5, 5.41) is 12.1. The number of aliphatic hydroxyl groups excluding tert-OH is 1. The fraction of sp³-hybridized carbons (Fsp3) is 0.364. The number of anilines is 1. The van der Waals surface area contributed by atoms with Crippen LogP contribution in [0.15, 0.2) is 30.3 Å². The quantitative estimate of drug-likeness (QED) is 0.727. The maximum atomic E-state index is 11.7. The van der Waals surface area contributed by atoms with Crippen molar-refractivity contribution >= 4 is 11.7 Å². The number of hydrogen-bond donors (Lipinski definition) is 2. The number of hydrogen-bond acceptors (Lipinski definition) is 2. The monoisotopic (exact) mass is 206 g/mol. The second kappa shape index (κ2) is 4.31. The van der Waals surface area contributed by atoms with E-state index in [-0.39, 0.29) is 12.1 Å². The van der Waals surface area contributed by atoms with Gasteiger partial charge in [0.15, 0.2) is 0 Å². The number of aliphatic hydroxyl groups is 1. The summed E-state index contributed by atoms with van der Waals surface area (Å²) in [6.45, 7) is 1.05. The molecule has 0 radical (unpaired) electrons. The van der Waals surface area contributed by atoms with Crippen LogP contribution in [0.25, 0.3) is 0 Å². The molecule has 1 heterocycles. The van der Waals surface area contributed by atoms with Gasteiger partial charge in [-0.05, 0) is 18.6 Å². The number of nitrogens with one attached hydrogen (secondary N) is 1. The fourth-order valence-electron chi connectivity index (χ4n) is 1.65. The van der Waals surface area contributed by atoms with Crippen LogP contribution in [0.2, 0.25) is 0 Å². The van der Waals surface area contributed by atoms with Crippen molar-refractivity contribution in [3.63, 3.8) is 0 Å². The molecule has 1 fully saturated rings. The zero-order chi connectivity index (χ0) is 10.7. The van der Waals surface area contributed by atoms with Crippen LogP contribution in [0.5, 0.6) is 0 Å². The highest BCUT2D eigenvalue weighted by molar-refractivity contribution is 5.89. The number of para-hydroxylation sites is 1. The maximum absolute atomic E-state index is 11.7. The molecule has 2 rings (SSSR count). The first-order valence-corrected chi connectivity index (χ1v) is 5.05. The van der Waals surface area contributed by atoms with Gasteiger partial charge in [0.1, 0.15) is 0 Å². The molecular formula is C11H14N2O2. The van der Waals surface area contributed by atoms with Crippen molar-refractivity contribution < 1.29 is 9.90 Å². The third kappa shape index (κ3) is 2.47. The van der Waals surface area contributed by atoms with Crippen LogP contribution in [0, 0.1) is 0 Å². The SMILES string of the molecule is O=C(Nc1ccccc1)N1CCC(O)C1. The number of carbonyl (C=O) groups excluding carboxylic acids is 1. The zero-order valence-electron chi connectivity index (χ0n) is 8.39. The molecule has 0 aromatic heterocycles. The smallest absolute Gasteiger partial charge is 0.321 e. The van der Waals surface area contributed by atoms with Crippen LogP contribution in [0.1, 0.15) is 6.42 Å². The predicted octanol–water partition coefficient (Wildman–Crippen LogP) is 1.29. The van der Waals surface area contributed by atoms with E-state index >= 15 is 0 Å². The lowest BCUT2D eigenvalue weighted by molar-refractivity contribution is 0.176. The molecule has 1 saturated heterocycles. The van der Waals surface area contributed by atoms with Gasteiger partial charge in [-0.25, -0.2) is 4.79 Å². The first kappa shape index (κ1) is 9.98. The Balaban J connectivity index is 1.93. The minimum absolute atomic E-state index is 0.141. The van der Waals surface area contributed by atoms with E-state index in [1.807, 2.05) is 30.3 Å². The zero-order valence-corrected chi connectivity index (χ0v) is 8.39. The minimum atomic E-state index is -0.369. The average Bonchev–Trinajstić information content (AvgIpc) is 2.66. The minimum Gasteiger partial charge on any atom is -0.391 e. The summed E-state index contributed by atoms with van der Waals surface area (Å²) in [5.74, 6) is 0. The molecule has 0 bridgehead atoms. The van der Waals surface area contributed by atoms with Crippen molar-refractivity contribution in [2.75, 3.05) is 18.4 Å². The molecule has 4 heteroatoms. The number of urea groups is 1. The highest BCUT2D eigenvalue weighted by Gasteiger charge is 2.24. The Morgan fingerprint density at radius 2 is 2.13 bits per heavy atom. The third-order valence-electron chi connectivity index (χ3n) is 2.48. The lowest BCUT2D eigenvalue weighted by Crippen LogP contribution is -2.33. The first-order valence-electron chi connectivity index (χ1n) is 5.05. The van der Waals surface area contributed by atoms with Crippen molar-refractivity contribution in [2.24, 2.45) is 0 Å². The molecule has 4 nitrogen and oxygen atoms in total. The van der Waals surface area contributed by atoms with Crippen molar-refractivity contribution in [3.05, 3.63) is 30.3 Å². The van der Waals surface area contributed by atoms with Crippen LogP contribution >= 0.6 is 0 Å². The molecule has 0 spiro atoms. The van der Waals surface area contributed by atoms with Crippen LogP contribution in [-0.2, 0) is 0 Å². The molecule has 0 saturated carbocycles. The van der Waals surface area contributed by atoms with Gasteiger partial charge in [0.05, 0.1) is 6.10 Å². The van der Waals surface area contributed by atoms with Gasteiger partial charge in [0.2, 0.25) is 0 Å². The number of β-amino-alcohol motifs (C(OH)–C–C–N with tert-alkyl or cyclic N) is 1. The maximum Gasteiger partial charge on any atom is 0.321 e. The molecule has 0 aliphatic carbocycles. The molecule has 2 amide bonds. The number of benzene rings is 1. The van der Waals surface area contributed by atoms with Crippen LogP contribution in [0.4, 0.5) is 10.5 Å². The summed E-state index contributed by atoms with van der Waals surface area (Å²) in [6.07, 6.45) is 0.300. The molecular weight excluding hydrogens is 192 g/mol. The Hall–Kier alpha value is -1.55. The van der Waals surface area contributed by atoms with E-state index in [1.54, 1.807) is 4.90 Å². The Morgan fingerprint density at radius 1 is 1.40 bits per heavy atom. The first-order chi connectivity index (χ1) is 7.25. The Morgan fingerprint density at radius 3 is 2.73 bits per heavy atom. The van der Waals surface area contributed by atoms with Gasteiger partial charge < -0.3 is 15.3 Å². The molecule has 15 heavy (non-hydrogen) atoms. The summed E-state index contributed by atoms with van der Waals surface area (Å²) >= 11 is 0. The van der Waals surface area contributed by atoms with Crippen LogP contribution in [-0.4, -0.2) is 35.2 Å². The summed E-state index contributed by atoms with van der Waals surface area (Å²) in [7, 11) is 0. The van der Waals surface area contributed by atoms with Crippen molar-refractivity contribution in [2.45, 2.75) is 12.5 Å². The Bertz CT molecular complexity index is 340. The van der Waals surface area contributed by atoms with Crippen molar-refractivity contribution in [1.82, 2.24) is 4.90 Å². The number of carbonyl (C=O) groups is 1. The topological polar surface area (TPSA) is 52.6 Å². The molecule has 1 aliphatic rings. The molecule has 1 unspecified atom stereocenters. The summed E-state index contributed by atoms with van der Waals surface area (Å²) < 4.78 is 0. The van der Waals surface area contributed by atoms with Crippen LogP contribution in [0.3, 0.4) is 0 Å². The van der Waals surface area contributed by atoms with Gasteiger partial charge in [-0.15, -0.1) is 0 Å². The Kier molecular flexibility index (Phi) is 2.87. The van der Waals surface area contributed by atoms with Gasteiger partial charge in [-0.2, -0.15) is 0 Å². The number of nitrogens with zero attached hydrogens (tertiary/aromatic N) is 1. The standard InChI is InChI=1S/C11H14N2O2/c14-10-6-7-13(8-10)11(15)12-9-4-2-1-3-5-9/h1-5,10,14H,6-8H2,(H,12,15). The second-order valence-corrected chi connectivity index (χ2v) is 3.68. The van der Waals surface area contributed by atoms with E-state index in [0.29, 0.717) is 19.5 Å². The third-order valence-corrected chi connectivity index (χ3v) is 2.48. The predicted molar refractivity (Wildman–Crippen MR) is 57.7 cm³/mol. The van der Waals surface area contributed by atoms with E-state index < -0.39 is 0 Å². The van der Waals surface area contributed by atoms with Gasteiger partial charge in [-0.1, -0.05) is 18.2 Å².